The van der Waals surface area contributed by atoms with Crippen LogP contribution in [0.3, 0.4) is 0 Å². The summed E-state index contributed by atoms with van der Waals surface area (Å²) in [5, 5.41) is 20.4. The third kappa shape index (κ3) is 5.77. The second kappa shape index (κ2) is 10.2. The molecule has 0 saturated carbocycles. The molecule has 0 bridgehead atoms. The molecule has 1 aliphatic heterocycles. The fourth-order valence-electron chi connectivity index (χ4n) is 2.57. The van der Waals surface area contributed by atoms with Crippen molar-refractivity contribution in [1.82, 2.24) is 4.90 Å². The molecule has 1 amide bonds. The van der Waals surface area contributed by atoms with Gasteiger partial charge in [-0.15, -0.1) is 0 Å². The molecule has 1 aromatic rings. The number of amides is 1. The van der Waals surface area contributed by atoms with Gasteiger partial charge >= 0.3 is 11.7 Å². The number of nitrogens with zero attached hydrogens (tertiary/aromatic N) is 2. The lowest BCUT2D eigenvalue weighted by molar-refractivity contribution is -0.385. The van der Waals surface area contributed by atoms with E-state index in [-0.39, 0.29) is 11.9 Å². The molecule has 10 heteroatoms. The van der Waals surface area contributed by atoms with Gasteiger partial charge in [0.15, 0.2) is 5.75 Å². The van der Waals surface area contributed by atoms with Gasteiger partial charge in [-0.25, -0.2) is 0 Å². The van der Waals surface area contributed by atoms with Crippen LogP contribution in [0.1, 0.15) is 38.2 Å². The van der Waals surface area contributed by atoms with Crippen molar-refractivity contribution < 1.29 is 24.4 Å². The number of esters is 1. The molecule has 0 aromatic heterocycles. The predicted octanol–water partition coefficient (Wildman–Crippen LogP) is 3.63. The highest BCUT2D eigenvalue weighted by Crippen LogP contribution is 2.34. The number of unbranched alkanes of at least 4 members (excludes halogenated alkanes) is 2. The maximum atomic E-state index is 12.6. The number of nitro groups is 1. The minimum absolute atomic E-state index is 0.223. The predicted molar refractivity (Wildman–Crippen MR) is 110 cm³/mol. The van der Waals surface area contributed by atoms with Crippen LogP contribution in [0.25, 0.3) is 6.08 Å². The Morgan fingerprint density at radius 1 is 1.39 bits per heavy atom. The topological polar surface area (TPSA) is 110 Å². The largest absolute Gasteiger partial charge is 0.502 e. The minimum Gasteiger partial charge on any atom is -0.502 e. The van der Waals surface area contributed by atoms with Crippen LogP contribution in [0.5, 0.6) is 5.75 Å². The van der Waals surface area contributed by atoms with E-state index in [1.54, 1.807) is 6.92 Å². The Balaban J connectivity index is 1.94. The Morgan fingerprint density at radius 3 is 2.82 bits per heavy atom. The number of nitro benzene ring substituents is 1. The maximum Gasteiger partial charge on any atom is 0.311 e. The second-order valence-corrected chi connectivity index (χ2v) is 7.63. The highest BCUT2D eigenvalue weighted by atomic mass is 32.2. The summed E-state index contributed by atoms with van der Waals surface area (Å²) in [7, 11) is 0. The van der Waals surface area contributed by atoms with Crippen LogP contribution in [0.4, 0.5) is 5.69 Å². The first-order valence-electron chi connectivity index (χ1n) is 8.72. The Kier molecular flexibility index (Phi) is 7.94. The zero-order valence-corrected chi connectivity index (χ0v) is 16.9. The molecule has 1 aromatic carbocycles. The van der Waals surface area contributed by atoms with Crippen molar-refractivity contribution in [2.75, 3.05) is 13.2 Å². The van der Waals surface area contributed by atoms with Gasteiger partial charge < -0.3 is 9.84 Å². The molecule has 0 aliphatic carbocycles. The van der Waals surface area contributed by atoms with Crippen LogP contribution in [-0.2, 0) is 14.3 Å². The highest BCUT2D eigenvalue weighted by Gasteiger charge is 2.31. The molecule has 1 N–H and O–H groups in total. The number of hydrogen-bond acceptors (Lipinski definition) is 8. The number of thioether (sulfide) groups is 1. The molecule has 0 spiro atoms. The van der Waals surface area contributed by atoms with E-state index >= 15 is 0 Å². The van der Waals surface area contributed by atoms with Crippen LogP contribution < -0.4 is 0 Å². The quantitative estimate of drug-likeness (QED) is 0.160. The number of phenolic OH excluding ortho intramolecular Hbond substituents is 1. The summed E-state index contributed by atoms with van der Waals surface area (Å²) in [5.41, 5.74) is 0.00487. The van der Waals surface area contributed by atoms with Gasteiger partial charge in [-0.3, -0.25) is 24.6 Å². The van der Waals surface area contributed by atoms with Crippen LogP contribution in [0.2, 0.25) is 0 Å². The third-order valence-electron chi connectivity index (χ3n) is 3.94. The molecule has 1 fully saturated rings. The van der Waals surface area contributed by atoms with Gasteiger partial charge in [0.2, 0.25) is 0 Å². The Morgan fingerprint density at radius 2 is 2.14 bits per heavy atom. The van der Waals surface area contributed by atoms with Crippen molar-refractivity contribution in [2.45, 2.75) is 32.6 Å². The standard InChI is InChI=1S/C18H20N2O6S2/c1-2-26-16(22)6-4-3-5-9-19-17(23)15(28-18(19)27)11-12-7-8-14(21)13(10-12)20(24)25/h7-8,10-11,21H,2-6,9H2,1H3/b15-11-. The van der Waals surface area contributed by atoms with Crippen LogP contribution in [0, 0.1) is 10.1 Å². The molecule has 1 saturated heterocycles. The summed E-state index contributed by atoms with van der Waals surface area (Å²) in [6.45, 7) is 2.57. The fourth-order valence-corrected chi connectivity index (χ4v) is 3.88. The van der Waals surface area contributed by atoms with Gasteiger partial charge in [0.1, 0.15) is 4.32 Å². The van der Waals surface area contributed by atoms with Crippen molar-refractivity contribution in [1.29, 1.82) is 0 Å². The maximum absolute atomic E-state index is 12.6. The molecular formula is C18H20N2O6S2. The van der Waals surface area contributed by atoms with E-state index in [1.807, 2.05) is 0 Å². The monoisotopic (exact) mass is 424 g/mol. The smallest absolute Gasteiger partial charge is 0.311 e. The summed E-state index contributed by atoms with van der Waals surface area (Å²) in [6, 6.07) is 3.91. The lowest BCUT2D eigenvalue weighted by Gasteiger charge is -2.13. The van der Waals surface area contributed by atoms with Crippen molar-refractivity contribution in [3.8, 4) is 5.75 Å². The van der Waals surface area contributed by atoms with Crippen molar-refractivity contribution >= 4 is 51.9 Å². The third-order valence-corrected chi connectivity index (χ3v) is 5.31. The first-order valence-corrected chi connectivity index (χ1v) is 9.94. The number of thiocarbonyl (C=S) groups is 1. The first kappa shape index (κ1) is 21.8. The van der Waals surface area contributed by atoms with Gasteiger partial charge in [-0.2, -0.15) is 0 Å². The molecular weight excluding hydrogens is 404 g/mol. The number of aromatic hydroxyl groups is 1. The number of benzene rings is 1. The average molecular weight is 425 g/mol. The molecule has 0 radical (unpaired) electrons. The summed E-state index contributed by atoms with van der Waals surface area (Å²) in [5.74, 6) is -0.910. The Labute approximate surface area is 171 Å². The molecule has 1 aliphatic rings. The van der Waals surface area contributed by atoms with Gasteiger partial charge in [-0.1, -0.05) is 36.5 Å². The number of carbonyl (C=O) groups is 2. The van der Waals surface area contributed by atoms with Crippen molar-refractivity contribution in [3.63, 3.8) is 0 Å². The van der Waals surface area contributed by atoms with E-state index in [0.717, 1.165) is 18.2 Å². The normalized spacial score (nSPS) is 15.3. The molecule has 28 heavy (non-hydrogen) atoms. The van der Waals surface area contributed by atoms with Crippen LogP contribution in [0.15, 0.2) is 23.1 Å². The number of rotatable bonds is 9. The van der Waals surface area contributed by atoms with E-state index in [1.165, 1.54) is 29.2 Å². The minimum atomic E-state index is -0.686. The van der Waals surface area contributed by atoms with E-state index < -0.39 is 16.4 Å². The molecule has 150 valence electrons. The van der Waals surface area contributed by atoms with Gasteiger partial charge in [0.25, 0.3) is 5.91 Å². The fraction of sp³-hybridized carbons (Fsp3) is 0.389. The zero-order chi connectivity index (χ0) is 20.7. The molecule has 0 unspecified atom stereocenters. The highest BCUT2D eigenvalue weighted by molar-refractivity contribution is 8.26. The van der Waals surface area contributed by atoms with E-state index in [0.29, 0.717) is 47.2 Å². The van der Waals surface area contributed by atoms with E-state index in [9.17, 15) is 24.8 Å². The van der Waals surface area contributed by atoms with Gasteiger partial charge in [-0.05, 0) is 37.5 Å². The number of carbonyl (C=O) groups excluding carboxylic acids is 2. The van der Waals surface area contributed by atoms with Crippen LogP contribution in [-0.4, -0.2) is 44.3 Å². The average Bonchev–Trinajstić information content (AvgIpc) is 2.90. The zero-order valence-electron chi connectivity index (χ0n) is 15.3. The number of hydrogen-bond donors (Lipinski definition) is 1. The number of ether oxygens (including phenoxy) is 1. The van der Waals surface area contributed by atoms with Crippen molar-refractivity contribution in [2.24, 2.45) is 0 Å². The Hall–Kier alpha value is -2.46. The van der Waals surface area contributed by atoms with Crippen molar-refractivity contribution in [3.05, 3.63) is 38.8 Å². The summed E-state index contributed by atoms with van der Waals surface area (Å²) >= 11 is 6.39. The summed E-state index contributed by atoms with van der Waals surface area (Å²) in [4.78, 5) is 36.0. The summed E-state index contributed by atoms with van der Waals surface area (Å²) in [6.07, 6.45) is 4.02. The van der Waals surface area contributed by atoms with E-state index in [4.69, 9.17) is 17.0 Å². The van der Waals surface area contributed by atoms with Crippen LogP contribution >= 0.6 is 24.0 Å². The molecule has 1 heterocycles. The van der Waals surface area contributed by atoms with E-state index in [2.05, 4.69) is 0 Å². The lowest BCUT2D eigenvalue weighted by Crippen LogP contribution is -2.29. The summed E-state index contributed by atoms with van der Waals surface area (Å²) < 4.78 is 5.29. The second-order valence-electron chi connectivity index (χ2n) is 5.95. The van der Waals surface area contributed by atoms with Gasteiger partial charge in [0.05, 0.1) is 16.4 Å². The molecule has 2 rings (SSSR count). The number of phenols is 1. The first-order chi connectivity index (χ1) is 13.3. The lowest BCUT2D eigenvalue weighted by atomic mass is 10.1. The Bertz CT molecular complexity index is 824. The SMILES string of the molecule is CCOC(=O)CCCCCN1C(=O)/C(=C/c2ccc(O)c([N+](=O)[O-])c2)SC1=S. The molecule has 8 nitrogen and oxygen atoms in total. The van der Waals surface area contributed by atoms with Gasteiger partial charge in [0, 0.05) is 19.0 Å². The molecule has 0 atom stereocenters.